The van der Waals surface area contributed by atoms with Crippen LogP contribution in [0.4, 0.5) is 4.79 Å². The molecule has 0 aliphatic heterocycles. The minimum Gasteiger partial charge on any atom is -0.467 e. The molecule has 1 N–H and O–H groups in total. The molecule has 0 aliphatic rings. The van der Waals surface area contributed by atoms with Crippen LogP contribution in [0, 0.1) is 0 Å². The maximum Gasteiger partial charge on any atom is 0.408 e. The zero-order valence-corrected chi connectivity index (χ0v) is 14.1. The lowest BCUT2D eigenvalue weighted by Crippen LogP contribution is -2.45. The van der Waals surface area contributed by atoms with Crippen LogP contribution in [0.25, 0.3) is 0 Å². The third-order valence-corrected chi connectivity index (χ3v) is 2.80. The molecule has 6 nitrogen and oxygen atoms in total. The van der Waals surface area contributed by atoms with Crippen molar-refractivity contribution in [2.75, 3.05) is 7.11 Å². The number of carbonyl (C=O) groups excluding carboxylic acids is 2. The van der Waals surface area contributed by atoms with E-state index < -0.39 is 23.7 Å². The quantitative estimate of drug-likeness (QED) is 0.660. The second kappa shape index (κ2) is 7.40. The summed E-state index contributed by atoms with van der Waals surface area (Å²) in [6, 6.07) is 4.48. The lowest BCUT2D eigenvalue weighted by atomic mass is 10.1. The maximum absolute atomic E-state index is 11.8. The van der Waals surface area contributed by atoms with Crippen LogP contribution in [0.1, 0.15) is 26.5 Å². The summed E-state index contributed by atoms with van der Waals surface area (Å²) in [5.41, 5.74) is 0.00882. The minimum absolute atomic E-state index is 0.214. The third-order valence-electron chi connectivity index (χ3n) is 2.36. The van der Waals surface area contributed by atoms with Crippen molar-refractivity contribution in [2.45, 2.75) is 38.8 Å². The molecule has 0 saturated heterocycles. The van der Waals surface area contributed by atoms with Crippen LogP contribution < -0.4 is 5.32 Å². The van der Waals surface area contributed by atoms with Crippen molar-refractivity contribution in [3.05, 3.63) is 28.5 Å². The first-order valence-corrected chi connectivity index (χ1v) is 7.19. The summed E-state index contributed by atoms with van der Waals surface area (Å²) in [4.78, 5) is 27.8. The summed E-state index contributed by atoms with van der Waals surface area (Å²) >= 11 is 3.26. The number of alkyl carbamates (subject to hydrolysis) is 1. The van der Waals surface area contributed by atoms with E-state index in [0.717, 1.165) is 0 Å². The maximum atomic E-state index is 11.8. The van der Waals surface area contributed by atoms with Gasteiger partial charge in [-0.3, -0.25) is 0 Å². The number of carbonyl (C=O) groups is 2. The Morgan fingerprint density at radius 1 is 1.38 bits per heavy atom. The molecule has 1 amide bonds. The van der Waals surface area contributed by atoms with E-state index in [2.05, 4.69) is 26.2 Å². The number of hydrogen-bond acceptors (Lipinski definition) is 5. The molecule has 0 bridgehead atoms. The molecule has 0 radical (unpaired) electrons. The van der Waals surface area contributed by atoms with Crippen LogP contribution in [0.15, 0.2) is 22.8 Å². The van der Waals surface area contributed by atoms with E-state index >= 15 is 0 Å². The predicted molar refractivity (Wildman–Crippen MR) is 80.8 cm³/mol. The van der Waals surface area contributed by atoms with E-state index in [4.69, 9.17) is 9.47 Å². The highest BCUT2D eigenvalue weighted by Gasteiger charge is 2.25. The van der Waals surface area contributed by atoms with Gasteiger partial charge in [0.25, 0.3) is 0 Å². The number of esters is 1. The van der Waals surface area contributed by atoms with Crippen molar-refractivity contribution in [3.8, 4) is 0 Å². The zero-order valence-electron chi connectivity index (χ0n) is 12.5. The highest BCUT2D eigenvalue weighted by atomic mass is 79.9. The highest BCUT2D eigenvalue weighted by molar-refractivity contribution is 9.10. The summed E-state index contributed by atoms with van der Waals surface area (Å²) in [5, 5.41) is 2.50. The molecule has 0 saturated carbocycles. The lowest BCUT2D eigenvalue weighted by Gasteiger charge is -2.22. The van der Waals surface area contributed by atoms with E-state index in [-0.39, 0.29) is 6.42 Å². The molecule has 1 aromatic heterocycles. The van der Waals surface area contributed by atoms with Gasteiger partial charge < -0.3 is 14.8 Å². The lowest BCUT2D eigenvalue weighted by molar-refractivity contribution is -0.143. The largest absolute Gasteiger partial charge is 0.467 e. The Bertz CT molecular complexity index is 514. The van der Waals surface area contributed by atoms with Crippen molar-refractivity contribution >= 4 is 28.0 Å². The molecule has 0 aliphatic carbocycles. The van der Waals surface area contributed by atoms with Gasteiger partial charge in [0.15, 0.2) is 0 Å². The van der Waals surface area contributed by atoms with Crippen LogP contribution in [0.2, 0.25) is 0 Å². The fourth-order valence-electron chi connectivity index (χ4n) is 1.56. The number of aromatic nitrogens is 1. The number of rotatable bonds is 4. The Kier molecular flexibility index (Phi) is 6.14. The Hall–Kier alpha value is -1.63. The van der Waals surface area contributed by atoms with Gasteiger partial charge >= 0.3 is 12.1 Å². The Morgan fingerprint density at radius 3 is 2.57 bits per heavy atom. The van der Waals surface area contributed by atoms with E-state index in [0.29, 0.717) is 10.3 Å². The fourth-order valence-corrected chi connectivity index (χ4v) is 1.94. The summed E-state index contributed by atoms with van der Waals surface area (Å²) in [7, 11) is 1.26. The van der Waals surface area contributed by atoms with Gasteiger partial charge in [0, 0.05) is 12.1 Å². The minimum atomic E-state index is -0.855. The first-order chi connectivity index (χ1) is 9.71. The van der Waals surface area contributed by atoms with Gasteiger partial charge in [-0.15, -0.1) is 0 Å². The SMILES string of the molecule is COC(=O)[C@H](Cc1cccc(Br)n1)NC(=O)OC(C)(C)C. The van der Waals surface area contributed by atoms with E-state index in [1.165, 1.54) is 7.11 Å². The van der Waals surface area contributed by atoms with Crippen molar-refractivity contribution in [1.82, 2.24) is 10.3 Å². The predicted octanol–water partition coefficient (Wildman–Crippen LogP) is 2.45. The normalized spacial score (nSPS) is 12.4. The van der Waals surface area contributed by atoms with Crippen LogP contribution in [-0.4, -0.2) is 35.8 Å². The molecule has 0 spiro atoms. The molecule has 1 atom stereocenters. The standard InChI is InChI=1S/C14H19BrN2O4/c1-14(2,3)21-13(19)17-10(12(18)20-4)8-9-6-5-7-11(15)16-9/h5-7,10H,8H2,1-4H3,(H,17,19)/t10-/m0/s1. The number of methoxy groups -OCH3 is 1. The Balaban J connectivity index is 2.77. The van der Waals surface area contributed by atoms with Gasteiger partial charge in [0.05, 0.1) is 7.11 Å². The van der Waals surface area contributed by atoms with Crippen molar-refractivity contribution < 1.29 is 19.1 Å². The topological polar surface area (TPSA) is 77.5 Å². The highest BCUT2D eigenvalue weighted by Crippen LogP contribution is 2.10. The number of nitrogens with zero attached hydrogens (tertiary/aromatic N) is 1. The first kappa shape index (κ1) is 17.4. The average molecular weight is 359 g/mol. The molecule has 116 valence electrons. The fraction of sp³-hybridized carbons (Fsp3) is 0.500. The van der Waals surface area contributed by atoms with Gasteiger partial charge in [0.2, 0.25) is 0 Å². The van der Waals surface area contributed by atoms with Crippen LogP contribution in [0.5, 0.6) is 0 Å². The summed E-state index contributed by atoms with van der Waals surface area (Å²) < 4.78 is 10.5. The molecule has 1 rings (SSSR count). The van der Waals surface area contributed by atoms with Crippen molar-refractivity contribution in [2.24, 2.45) is 0 Å². The van der Waals surface area contributed by atoms with Crippen LogP contribution in [0.3, 0.4) is 0 Å². The smallest absolute Gasteiger partial charge is 0.408 e. The average Bonchev–Trinajstić information content (AvgIpc) is 2.34. The van der Waals surface area contributed by atoms with Gasteiger partial charge in [-0.05, 0) is 48.8 Å². The van der Waals surface area contributed by atoms with Crippen molar-refractivity contribution in [1.29, 1.82) is 0 Å². The van der Waals surface area contributed by atoms with E-state index in [1.807, 2.05) is 0 Å². The Labute approximate surface area is 132 Å². The summed E-state index contributed by atoms with van der Waals surface area (Å²) in [6.07, 6.45) is -0.460. The van der Waals surface area contributed by atoms with Crippen molar-refractivity contribution in [3.63, 3.8) is 0 Å². The molecule has 21 heavy (non-hydrogen) atoms. The Morgan fingerprint density at radius 2 is 2.05 bits per heavy atom. The van der Waals surface area contributed by atoms with Gasteiger partial charge in [-0.25, -0.2) is 14.6 Å². The number of pyridine rings is 1. The summed E-state index contributed by atoms with van der Waals surface area (Å²) in [6.45, 7) is 5.24. The number of hydrogen-bond donors (Lipinski definition) is 1. The van der Waals surface area contributed by atoms with Gasteiger partial charge in [0.1, 0.15) is 16.2 Å². The molecule has 1 aromatic rings. The zero-order chi connectivity index (χ0) is 16.0. The molecule has 0 unspecified atom stereocenters. The molecule has 7 heteroatoms. The van der Waals surface area contributed by atoms with E-state index in [1.54, 1.807) is 39.0 Å². The monoisotopic (exact) mass is 358 g/mol. The molecule has 0 aromatic carbocycles. The first-order valence-electron chi connectivity index (χ1n) is 6.40. The summed E-state index contributed by atoms with van der Waals surface area (Å²) in [5.74, 6) is -0.553. The molecular formula is C14H19BrN2O4. The number of ether oxygens (including phenoxy) is 2. The van der Waals surface area contributed by atoms with Gasteiger partial charge in [-0.1, -0.05) is 6.07 Å². The van der Waals surface area contributed by atoms with Crippen LogP contribution >= 0.6 is 15.9 Å². The number of halogens is 1. The number of nitrogens with one attached hydrogen (secondary N) is 1. The molecule has 1 heterocycles. The molecule has 0 fully saturated rings. The van der Waals surface area contributed by atoms with Crippen LogP contribution in [-0.2, 0) is 20.7 Å². The van der Waals surface area contributed by atoms with Gasteiger partial charge in [-0.2, -0.15) is 0 Å². The third kappa shape index (κ3) is 6.57. The number of amides is 1. The molecular weight excluding hydrogens is 340 g/mol. The second-order valence-corrected chi connectivity index (χ2v) is 6.19. The second-order valence-electron chi connectivity index (χ2n) is 5.38. The van der Waals surface area contributed by atoms with E-state index in [9.17, 15) is 9.59 Å².